The monoisotopic (exact) mass is 490 g/mol. The zero-order valence-electron chi connectivity index (χ0n) is 23.1. The lowest BCUT2D eigenvalue weighted by Gasteiger charge is -2.48. The Bertz CT molecular complexity index is 1010. The molecule has 36 heavy (non-hydrogen) atoms. The average Bonchev–Trinajstić information content (AvgIpc) is 3.68. The molecule has 2 unspecified atom stereocenters. The molecular formula is C32H46N2O2. The van der Waals surface area contributed by atoms with E-state index in [9.17, 15) is 4.79 Å². The summed E-state index contributed by atoms with van der Waals surface area (Å²) in [6.45, 7) is 12.5. The number of amides is 1. The van der Waals surface area contributed by atoms with Gasteiger partial charge in [-0.1, -0.05) is 76.3 Å². The van der Waals surface area contributed by atoms with Crippen LogP contribution in [0.15, 0.2) is 42.5 Å². The second-order valence-electron chi connectivity index (χ2n) is 11.8. The molecular weight excluding hydrogens is 444 g/mol. The van der Waals surface area contributed by atoms with Gasteiger partial charge in [0.2, 0.25) is 0 Å². The molecule has 0 radical (unpaired) electrons. The smallest absolute Gasteiger partial charge is 0.412 e. The molecule has 4 rings (SSSR count). The highest BCUT2D eigenvalue weighted by Gasteiger charge is 2.37. The number of ether oxygens (including phenoxy) is 1. The van der Waals surface area contributed by atoms with Crippen molar-refractivity contribution in [3.05, 3.63) is 59.2 Å². The predicted octanol–water partition coefficient (Wildman–Crippen LogP) is 9.15. The molecule has 1 N–H and O–H groups in total. The van der Waals surface area contributed by atoms with Crippen LogP contribution in [0.4, 0.5) is 16.2 Å². The first-order valence-electron chi connectivity index (χ1n) is 14.2. The summed E-state index contributed by atoms with van der Waals surface area (Å²) in [4.78, 5) is 15.6. The number of rotatable bonds is 11. The predicted molar refractivity (Wildman–Crippen MR) is 151 cm³/mol. The molecule has 4 heteroatoms. The molecule has 1 aliphatic heterocycles. The summed E-state index contributed by atoms with van der Waals surface area (Å²) in [6, 6.07) is 14.6. The fourth-order valence-electron chi connectivity index (χ4n) is 5.97. The number of unbranched alkanes of at least 4 members (excludes halogenated alkanes) is 5. The molecule has 2 aromatic carbocycles. The standard InChI is InChI=1S/C32H46N2O2/c1-6-7-8-9-10-14-19-34-29-20-23(2)28(21-27(29)24(3)22-32(34,4)5)33-31(35)36-30(26-17-18-26)25-15-12-11-13-16-25/h11-13,15-16,20-21,24,26,30H,6-10,14,17-19,22H2,1-5H3,(H,33,35). The van der Waals surface area contributed by atoms with Gasteiger partial charge < -0.3 is 9.64 Å². The number of hydrogen-bond donors (Lipinski definition) is 1. The first-order chi connectivity index (χ1) is 17.3. The molecule has 0 saturated heterocycles. The number of fused-ring (bicyclic) bond motifs is 1. The minimum atomic E-state index is -0.355. The lowest BCUT2D eigenvalue weighted by Crippen LogP contribution is -2.48. The van der Waals surface area contributed by atoms with Gasteiger partial charge in [0, 0.05) is 29.4 Å². The van der Waals surface area contributed by atoms with E-state index < -0.39 is 0 Å². The van der Waals surface area contributed by atoms with Gasteiger partial charge in [-0.15, -0.1) is 0 Å². The molecule has 196 valence electrons. The van der Waals surface area contributed by atoms with E-state index in [1.54, 1.807) is 0 Å². The highest BCUT2D eigenvalue weighted by atomic mass is 16.6. The first kappa shape index (κ1) is 26.6. The van der Waals surface area contributed by atoms with Crippen molar-refractivity contribution in [2.75, 3.05) is 16.8 Å². The van der Waals surface area contributed by atoms with Crippen molar-refractivity contribution >= 4 is 17.5 Å². The van der Waals surface area contributed by atoms with E-state index in [0.717, 1.165) is 42.6 Å². The Morgan fingerprint density at radius 1 is 1.08 bits per heavy atom. The summed E-state index contributed by atoms with van der Waals surface area (Å²) >= 11 is 0. The van der Waals surface area contributed by atoms with Crippen LogP contribution in [0.5, 0.6) is 0 Å². The molecule has 1 fully saturated rings. The molecule has 2 aliphatic rings. The highest BCUT2D eigenvalue weighted by Crippen LogP contribution is 2.46. The lowest BCUT2D eigenvalue weighted by molar-refractivity contribution is 0.0975. The van der Waals surface area contributed by atoms with Crippen molar-refractivity contribution < 1.29 is 9.53 Å². The number of hydrogen-bond acceptors (Lipinski definition) is 3. The Labute approximate surface area is 218 Å². The molecule has 1 aliphatic carbocycles. The number of benzene rings is 2. The van der Waals surface area contributed by atoms with E-state index in [1.807, 2.05) is 18.2 Å². The Balaban J connectivity index is 1.47. The zero-order valence-corrected chi connectivity index (χ0v) is 23.1. The SMILES string of the molecule is CCCCCCCCN1c2cc(C)c(NC(=O)OC(c3ccccc3)C3CC3)cc2C(C)CC1(C)C. The van der Waals surface area contributed by atoms with Gasteiger partial charge in [-0.05, 0) is 81.2 Å². The van der Waals surface area contributed by atoms with Crippen LogP contribution in [0, 0.1) is 12.8 Å². The number of carbonyl (C=O) groups is 1. The number of carbonyl (C=O) groups excluding carboxylic acids is 1. The molecule has 4 nitrogen and oxygen atoms in total. The lowest BCUT2D eigenvalue weighted by atomic mass is 9.79. The number of nitrogens with one attached hydrogen (secondary N) is 1. The minimum absolute atomic E-state index is 0.128. The van der Waals surface area contributed by atoms with Crippen LogP contribution in [-0.2, 0) is 4.74 Å². The fraction of sp³-hybridized carbons (Fsp3) is 0.594. The Morgan fingerprint density at radius 3 is 2.47 bits per heavy atom. The van der Waals surface area contributed by atoms with Gasteiger partial charge in [-0.3, -0.25) is 5.32 Å². The van der Waals surface area contributed by atoms with E-state index in [4.69, 9.17) is 4.74 Å². The summed E-state index contributed by atoms with van der Waals surface area (Å²) in [5.41, 5.74) is 5.84. The van der Waals surface area contributed by atoms with E-state index in [0.29, 0.717) is 11.8 Å². The van der Waals surface area contributed by atoms with Gasteiger partial charge in [0.25, 0.3) is 0 Å². The van der Waals surface area contributed by atoms with E-state index in [1.165, 1.54) is 49.8 Å². The van der Waals surface area contributed by atoms with E-state index in [-0.39, 0.29) is 17.7 Å². The van der Waals surface area contributed by atoms with Gasteiger partial charge in [0.05, 0.1) is 0 Å². The Kier molecular flexibility index (Phi) is 8.64. The number of nitrogens with zero attached hydrogens (tertiary/aromatic N) is 1. The Morgan fingerprint density at radius 2 is 1.78 bits per heavy atom. The summed E-state index contributed by atoms with van der Waals surface area (Å²) in [7, 11) is 0. The van der Waals surface area contributed by atoms with Crippen molar-refractivity contribution in [3.63, 3.8) is 0 Å². The van der Waals surface area contributed by atoms with Gasteiger partial charge in [0.15, 0.2) is 0 Å². The van der Waals surface area contributed by atoms with E-state index in [2.05, 4.69) is 69.1 Å². The normalized spacial score (nSPS) is 19.5. The average molecular weight is 491 g/mol. The second kappa shape index (κ2) is 11.7. The topological polar surface area (TPSA) is 41.6 Å². The number of anilines is 2. The van der Waals surface area contributed by atoms with Crippen LogP contribution in [0.25, 0.3) is 0 Å². The molecule has 1 heterocycles. The van der Waals surface area contributed by atoms with Crippen molar-refractivity contribution in [3.8, 4) is 0 Å². The van der Waals surface area contributed by atoms with Crippen molar-refractivity contribution in [1.29, 1.82) is 0 Å². The molecule has 1 amide bonds. The molecule has 0 bridgehead atoms. The minimum Gasteiger partial charge on any atom is -0.441 e. The van der Waals surface area contributed by atoms with Gasteiger partial charge in [0.1, 0.15) is 6.10 Å². The number of aryl methyl sites for hydroxylation is 1. The van der Waals surface area contributed by atoms with Crippen molar-refractivity contribution in [1.82, 2.24) is 0 Å². The molecule has 2 aromatic rings. The molecule has 2 atom stereocenters. The summed E-state index contributed by atoms with van der Waals surface area (Å²) in [6.07, 6.45) is 10.7. The molecule has 0 spiro atoms. The van der Waals surface area contributed by atoms with Crippen LogP contribution >= 0.6 is 0 Å². The van der Waals surface area contributed by atoms with Gasteiger partial charge >= 0.3 is 6.09 Å². The maximum atomic E-state index is 13.0. The molecule has 0 aromatic heterocycles. The van der Waals surface area contributed by atoms with Crippen LogP contribution in [0.2, 0.25) is 0 Å². The van der Waals surface area contributed by atoms with Crippen LogP contribution in [0.1, 0.15) is 114 Å². The maximum Gasteiger partial charge on any atom is 0.412 e. The van der Waals surface area contributed by atoms with E-state index >= 15 is 0 Å². The third kappa shape index (κ3) is 6.44. The summed E-state index contributed by atoms with van der Waals surface area (Å²) < 4.78 is 5.98. The van der Waals surface area contributed by atoms with Crippen LogP contribution in [-0.4, -0.2) is 18.2 Å². The molecule has 1 saturated carbocycles. The second-order valence-corrected chi connectivity index (χ2v) is 11.8. The van der Waals surface area contributed by atoms with Crippen LogP contribution < -0.4 is 10.2 Å². The zero-order chi connectivity index (χ0) is 25.7. The van der Waals surface area contributed by atoms with Gasteiger partial charge in [-0.2, -0.15) is 0 Å². The maximum absolute atomic E-state index is 13.0. The fourth-order valence-corrected chi connectivity index (χ4v) is 5.97. The third-order valence-electron chi connectivity index (χ3n) is 8.12. The van der Waals surface area contributed by atoms with Crippen molar-refractivity contribution in [2.24, 2.45) is 5.92 Å². The largest absolute Gasteiger partial charge is 0.441 e. The van der Waals surface area contributed by atoms with Gasteiger partial charge in [-0.25, -0.2) is 4.79 Å². The summed E-state index contributed by atoms with van der Waals surface area (Å²) in [5.74, 6) is 0.872. The third-order valence-corrected chi connectivity index (χ3v) is 8.12. The first-order valence-corrected chi connectivity index (χ1v) is 14.2. The van der Waals surface area contributed by atoms with Crippen molar-refractivity contribution in [2.45, 2.75) is 110 Å². The Hall–Kier alpha value is -2.49. The highest BCUT2D eigenvalue weighted by molar-refractivity contribution is 5.87. The summed E-state index contributed by atoms with van der Waals surface area (Å²) in [5, 5.41) is 3.09. The quantitative estimate of drug-likeness (QED) is 0.319. The van der Waals surface area contributed by atoms with Crippen LogP contribution in [0.3, 0.4) is 0 Å².